The summed E-state index contributed by atoms with van der Waals surface area (Å²) in [7, 11) is 1.93. The molecule has 0 bridgehead atoms. The minimum absolute atomic E-state index is 0.812. The van der Waals surface area contributed by atoms with E-state index < -0.39 is 0 Å². The van der Waals surface area contributed by atoms with Crippen LogP contribution in [0.4, 0.5) is 11.4 Å². The molecule has 0 unspecified atom stereocenters. The van der Waals surface area contributed by atoms with Crippen LogP contribution in [0.1, 0.15) is 29.2 Å². The van der Waals surface area contributed by atoms with Gasteiger partial charge in [0, 0.05) is 24.0 Å². The number of anilines is 2. The van der Waals surface area contributed by atoms with E-state index in [1.807, 2.05) is 27.0 Å². The van der Waals surface area contributed by atoms with Gasteiger partial charge >= 0.3 is 0 Å². The Hall–Kier alpha value is -1.70. The average Bonchev–Trinajstić information content (AvgIpc) is 2.29. The van der Waals surface area contributed by atoms with Crippen LogP contribution in [0.15, 0.2) is 19.2 Å². The molecule has 0 aliphatic heterocycles. The van der Waals surface area contributed by atoms with E-state index in [1.54, 1.807) is 0 Å². The Balaban J connectivity index is 3.71. The third-order valence-corrected chi connectivity index (χ3v) is 3.21. The fraction of sp³-hybridized carbons (Fsp3) is 0.333. The van der Waals surface area contributed by atoms with Gasteiger partial charge in [0.2, 0.25) is 0 Å². The second kappa shape index (κ2) is 5.09. The van der Waals surface area contributed by atoms with Crippen molar-refractivity contribution in [3.05, 3.63) is 41.5 Å². The highest BCUT2D eigenvalue weighted by molar-refractivity contribution is 5.84. The zero-order valence-corrected chi connectivity index (χ0v) is 11.3. The Bertz CT molecular complexity index is 471. The van der Waals surface area contributed by atoms with Crippen molar-refractivity contribution in [2.75, 3.05) is 18.1 Å². The molecule has 2 nitrogen and oxygen atoms in total. The molecular weight excluding hydrogens is 208 g/mol. The number of nitrogens with two attached hydrogens (primary N) is 1. The van der Waals surface area contributed by atoms with E-state index in [2.05, 4.69) is 25.4 Å². The topological polar surface area (TPSA) is 38.0 Å². The van der Waals surface area contributed by atoms with Gasteiger partial charge in [-0.15, -0.1) is 6.58 Å². The minimum Gasteiger partial charge on any atom is -0.398 e. The number of hydrogen-bond acceptors (Lipinski definition) is 2. The molecule has 0 radical (unpaired) electrons. The molecule has 0 heterocycles. The summed E-state index contributed by atoms with van der Waals surface area (Å²) < 4.78 is 0. The summed E-state index contributed by atoms with van der Waals surface area (Å²) in [5.74, 6) is 0. The van der Waals surface area contributed by atoms with Gasteiger partial charge < -0.3 is 11.1 Å². The van der Waals surface area contributed by atoms with Crippen LogP contribution in [0, 0.1) is 13.8 Å². The van der Waals surface area contributed by atoms with Crippen molar-refractivity contribution in [1.29, 1.82) is 0 Å². The Morgan fingerprint density at radius 2 is 1.94 bits per heavy atom. The maximum Gasteiger partial charge on any atom is 0.0456 e. The van der Waals surface area contributed by atoms with Crippen LogP contribution in [0.5, 0.6) is 0 Å². The number of allylic oxidation sites excluding steroid dienone is 2. The van der Waals surface area contributed by atoms with Crippen LogP contribution in [0.3, 0.4) is 0 Å². The van der Waals surface area contributed by atoms with Gasteiger partial charge in [-0.1, -0.05) is 12.7 Å². The van der Waals surface area contributed by atoms with E-state index in [0.29, 0.717) is 0 Å². The molecule has 0 aliphatic rings. The molecule has 0 amide bonds. The Labute approximate surface area is 104 Å². The van der Waals surface area contributed by atoms with Crippen LogP contribution in [0.25, 0.3) is 5.57 Å². The number of benzene rings is 1. The summed E-state index contributed by atoms with van der Waals surface area (Å²) in [4.78, 5) is 0. The highest BCUT2D eigenvalue weighted by Crippen LogP contribution is 2.37. The molecule has 1 aromatic rings. The summed E-state index contributed by atoms with van der Waals surface area (Å²) in [6.07, 6.45) is 2.72. The van der Waals surface area contributed by atoms with Crippen molar-refractivity contribution in [3.63, 3.8) is 0 Å². The monoisotopic (exact) mass is 230 g/mol. The first-order chi connectivity index (χ1) is 7.95. The van der Waals surface area contributed by atoms with Crippen LogP contribution >= 0.6 is 0 Å². The molecule has 0 saturated carbocycles. The van der Waals surface area contributed by atoms with Gasteiger partial charge in [-0.3, -0.25) is 0 Å². The first-order valence-corrected chi connectivity index (χ1v) is 5.81. The summed E-state index contributed by atoms with van der Waals surface area (Å²) in [6.45, 7) is 14.0. The van der Waals surface area contributed by atoms with E-state index in [9.17, 15) is 0 Å². The van der Waals surface area contributed by atoms with Gasteiger partial charge in [0.15, 0.2) is 0 Å². The van der Waals surface area contributed by atoms with Crippen LogP contribution in [-0.2, 0) is 6.42 Å². The summed E-state index contributed by atoms with van der Waals surface area (Å²) >= 11 is 0. The Morgan fingerprint density at radius 1 is 1.35 bits per heavy atom. The van der Waals surface area contributed by atoms with Gasteiger partial charge in [0.25, 0.3) is 0 Å². The van der Waals surface area contributed by atoms with Gasteiger partial charge in [-0.25, -0.2) is 0 Å². The van der Waals surface area contributed by atoms with E-state index in [4.69, 9.17) is 5.73 Å². The van der Waals surface area contributed by atoms with Gasteiger partial charge in [0.1, 0.15) is 0 Å². The maximum atomic E-state index is 6.17. The lowest BCUT2D eigenvalue weighted by atomic mass is 9.90. The maximum absolute atomic E-state index is 6.17. The first-order valence-electron chi connectivity index (χ1n) is 5.81. The normalized spacial score (nSPS) is 10.1. The second-order valence-electron chi connectivity index (χ2n) is 4.42. The van der Waals surface area contributed by atoms with Crippen molar-refractivity contribution in [2.24, 2.45) is 0 Å². The average molecular weight is 230 g/mol. The molecule has 1 aromatic carbocycles. The molecule has 0 aromatic heterocycles. The lowest BCUT2D eigenvalue weighted by Crippen LogP contribution is -2.08. The van der Waals surface area contributed by atoms with Gasteiger partial charge in [-0.2, -0.15) is 0 Å². The Morgan fingerprint density at radius 3 is 2.35 bits per heavy atom. The molecule has 0 atom stereocenters. The second-order valence-corrected chi connectivity index (χ2v) is 4.42. The molecule has 0 fully saturated rings. The van der Waals surface area contributed by atoms with Crippen LogP contribution in [0.2, 0.25) is 0 Å². The van der Waals surface area contributed by atoms with E-state index in [1.165, 1.54) is 5.56 Å². The predicted octanol–water partition coefficient (Wildman–Crippen LogP) is 3.69. The number of hydrogen-bond donors (Lipinski definition) is 2. The molecule has 0 spiro atoms. The van der Waals surface area contributed by atoms with E-state index >= 15 is 0 Å². The zero-order valence-electron chi connectivity index (χ0n) is 11.3. The molecule has 3 N–H and O–H groups in total. The zero-order chi connectivity index (χ0) is 13.2. The molecule has 0 aliphatic carbocycles. The van der Waals surface area contributed by atoms with Crippen molar-refractivity contribution in [3.8, 4) is 0 Å². The molecule has 92 valence electrons. The summed E-state index contributed by atoms with van der Waals surface area (Å²) in [5, 5.41) is 3.28. The Kier molecular flexibility index (Phi) is 4.00. The molecule has 2 heteroatoms. The fourth-order valence-corrected chi connectivity index (χ4v) is 2.31. The SMILES string of the molecule is C=CCc1c(C)c(N)c(C)c(C(=C)C)c1NC. The van der Waals surface area contributed by atoms with Crippen LogP contribution in [-0.4, -0.2) is 7.05 Å². The third kappa shape index (κ3) is 2.21. The molecular formula is C15H22N2. The van der Waals surface area contributed by atoms with Gasteiger partial charge in [0.05, 0.1) is 0 Å². The fourth-order valence-electron chi connectivity index (χ4n) is 2.31. The minimum atomic E-state index is 0.812. The largest absolute Gasteiger partial charge is 0.398 e. The van der Waals surface area contributed by atoms with Crippen molar-refractivity contribution >= 4 is 16.9 Å². The molecule has 17 heavy (non-hydrogen) atoms. The lowest BCUT2D eigenvalue weighted by molar-refractivity contribution is 1.19. The summed E-state index contributed by atoms with van der Waals surface area (Å²) in [6, 6.07) is 0. The van der Waals surface area contributed by atoms with E-state index in [-0.39, 0.29) is 0 Å². The highest BCUT2D eigenvalue weighted by atomic mass is 14.8. The van der Waals surface area contributed by atoms with Crippen molar-refractivity contribution in [1.82, 2.24) is 0 Å². The smallest absolute Gasteiger partial charge is 0.0456 e. The number of nitrogens with one attached hydrogen (secondary N) is 1. The number of rotatable bonds is 4. The van der Waals surface area contributed by atoms with Crippen molar-refractivity contribution < 1.29 is 0 Å². The summed E-state index contributed by atoms with van der Waals surface area (Å²) in [5.41, 5.74) is 13.8. The molecule has 1 rings (SSSR count). The third-order valence-electron chi connectivity index (χ3n) is 3.21. The van der Waals surface area contributed by atoms with E-state index in [0.717, 1.165) is 40.1 Å². The van der Waals surface area contributed by atoms with Gasteiger partial charge in [-0.05, 0) is 49.5 Å². The standard InChI is InChI=1S/C15H22N2/c1-7-8-12-10(4)14(16)11(5)13(9(2)3)15(12)17-6/h7,17H,1-2,8,16H2,3-6H3. The van der Waals surface area contributed by atoms with Crippen molar-refractivity contribution in [2.45, 2.75) is 27.2 Å². The lowest BCUT2D eigenvalue weighted by Gasteiger charge is -2.21. The first kappa shape index (κ1) is 13.4. The van der Waals surface area contributed by atoms with Crippen LogP contribution < -0.4 is 11.1 Å². The quantitative estimate of drug-likeness (QED) is 0.611. The highest BCUT2D eigenvalue weighted by Gasteiger charge is 2.16. The number of nitrogen functional groups attached to an aromatic ring is 1. The predicted molar refractivity (Wildman–Crippen MR) is 78.5 cm³/mol. The molecule has 0 saturated heterocycles.